The van der Waals surface area contributed by atoms with Gasteiger partial charge in [-0.3, -0.25) is 19.9 Å². The molecule has 23 heavy (non-hydrogen) atoms. The van der Waals surface area contributed by atoms with Gasteiger partial charge < -0.3 is 4.90 Å². The van der Waals surface area contributed by atoms with E-state index in [1.807, 2.05) is 0 Å². The average Bonchev–Trinajstić information content (AvgIpc) is 3.16. The van der Waals surface area contributed by atoms with Crippen molar-refractivity contribution in [2.75, 3.05) is 16.8 Å². The van der Waals surface area contributed by atoms with Crippen LogP contribution in [-0.4, -0.2) is 32.7 Å². The van der Waals surface area contributed by atoms with Crippen molar-refractivity contribution in [3.63, 3.8) is 0 Å². The van der Waals surface area contributed by atoms with Gasteiger partial charge in [-0.25, -0.2) is 4.98 Å². The van der Waals surface area contributed by atoms with Crippen molar-refractivity contribution in [2.45, 2.75) is 31.6 Å². The summed E-state index contributed by atoms with van der Waals surface area (Å²) in [6.45, 7) is 0.673. The lowest BCUT2D eigenvalue weighted by molar-refractivity contribution is -0.117. The predicted molar refractivity (Wildman–Crippen MR) is 85.7 cm³/mol. The molecule has 0 spiro atoms. The fourth-order valence-corrected chi connectivity index (χ4v) is 3.23. The minimum absolute atomic E-state index is 0.0718. The number of pyridine rings is 1. The SMILES string of the molecule is O=C(Nc1nc(C2CC2)ns1)c1cncc(N2CCCC2=O)c1. The van der Waals surface area contributed by atoms with Gasteiger partial charge in [-0.2, -0.15) is 4.37 Å². The second-order valence-electron chi connectivity index (χ2n) is 5.77. The molecule has 1 saturated carbocycles. The van der Waals surface area contributed by atoms with Crippen LogP contribution in [0, 0.1) is 0 Å². The molecule has 4 rings (SSSR count). The summed E-state index contributed by atoms with van der Waals surface area (Å²) in [6.07, 6.45) is 6.73. The van der Waals surface area contributed by atoms with Crippen molar-refractivity contribution in [3.8, 4) is 0 Å². The number of aromatic nitrogens is 3. The molecule has 0 unspecified atom stereocenters. The Hall–Kier alpha value is -2.35. The summed E-state index contributed by atoms with van der Waals surface area (Å²) in [4.78, 5) is 34.2. The Morgan fingerprint density at radius 3 is 2.96 bits per heavy atom. The van der Waals surface area contributed by atoms with E-state index < -0.39 is 0 Å². The molecule has 0 atom stereocenters. The van der Waals surface area contributed by atoms with E-state index in [1.165, 1.54) is 17.7 Å². The first-order valence-electron chi connectivity index (χ1n) is 7.61. The molecule has 0 bridgehead atoms. The van der Waals surface area contributed by atoms with E-state index in [2.05, 4.69) is 19.7 Å². The smallest absolute Gasteiger partial charge is 0.259 e. The third-order valence-electron chi connectivity index (χ3n) is 3.98. The number of nitrogens with zero attached hydrogens (tertiary/aromatic N) is 4. The number of carbonyl (C=O) groups excluding carboxylic acids is 2. The fraction of sp³-hybridized carbons (Fsp3) is 0.400. The van der Waals surface area contributed by atoms with Gasteiger partial charge in [0.05, 0.1) is 17.4 Å². The molecule has 2 aromatic rings. The number of carbonyl (C=O) groups is 2. The second-order valence-corrected chi connectivity index (χ2v) is 6.52. The third-order valence-corrected chi connectivity index (χ3v) is 4.62. The van der Waals surface area contributed by atoms with Crippen LogP contribution in [0.15, 0.2) is 18.5 Å². The van der Waals surface area contributed by atoms with Crippen LogP contribution in [0.4, 0.5) is 10.8 Å². The van der Waals surface area contributed by atoms with E-state index >= 15 is 0 Å². The van der Waals surface area contributed by atoms with Crippen LogP contribution >= 0.6 is 11.5 Å². The maximum absolute atomic E-state index is 12.3. The third kappa shape index (κ3) is 2.94. The van der Waals surface area contributed by atoms with Gasteiger partial charge in [-0.1, -0.05) is 0 Å². The Morgan fingerprint density at radius 1 is 1.35 bits per heavy atom. The van der Waals surface area contributed by atoms with E-state index in [9.17, 15) is 9.59 Å². The molecule has 1 N–H and O–H groups in total. The summed E-state index contributed by atoms with van der Waals surface area (Å²) in [7, 11) is 0. The first-order chi connectivity index (χ1) is 11.2. The minimum Gasteiger partial charge on any atom is -0.311 e. The molecule has 1 aliphatic carbocycles. The maximum Gasteiger partial charge on any atom is 0.259 e. The molecular weight excluding hydrogens is 314 g/mol. The molecule has 0 aromatic carbocycles. The molecule has 1 aliphatic heterocycles. The van der Waals surface area contributed by atoms with Crippen molar-refractivity contribution < 1.29 is 9.59 Å². The van der Waals surface area contributed by atoms with E-state index in [1.54, 1.807) is 17.2 Å². The minimum atomic E-state index is -0.288. The van der Waals surface area contributed by atoms with Crippen LogP contribution in [0.2, 0.25) is 0 Å². The molecule has 8 heteroatoms. The van der Waals surface area contributed by atoms with Crippen LogP contribution < -0.4 is 10.2 Å². The molecule has 2 aromatic heterocycles. The van der Waals surface area contributed by atoms with E-state index in [0.29, 0.717) is 35.3 Å². The highest BCUT2D eigenvalue weighted by atomic mass is 32.1. The van der Waals surface area contributed by atoms with E-state index in [-0.39, 0.29) is 11.8 Å². The Morgan fingerprint density at radius 2 is 2.22 bits per heavy atom. The van der Waals surface area contributed by atoms with Gasteiger partial charge in [0.25, 0.3) is 5.91 Å². The van der Waals surface area contributed by atoms with Crippen molar-refractivity contribution in [3.05, 3.63) is 29.8 Å². The van der Waals surface area contributed by atoms with Gasteiger partial charge in [0.1, 0.15) is 5.82 Å². The maximum atomic E-state index is 12.3. The largest absolute Gasteiger partial charge is 0.311 e. The number of nitrogens with one attached hydrogen (secondary N) is 1. The van der Waals surface area contributed by atoms with E-state index in [4.69, 9.17) is 0 Å². The zero-order valence-electron chi connectivity index (χ0n) is 12.4. The van der Waals surface area contributed by atoms with Crippen molar-refractivity contribution in [1.29, 1.82) is 0 Å². The number of rotatable bonds is 4. The number of hydrogen-bond acceptors (Lipinski definition) is 6. The molecule has 1 saturated heterocycles. The lowest BCUT2D eigenvalue weighted by atomic mass is 10.2. The Kier molecular flexibility index (Phi) is 3.53. The van der Waals surface area contributed by atoms with Gasteiger partial charge in [0.2, 0.25) is 11.0 Å². The van der Waals surface area contributed by atoms with E-state index in [0.717, 1.165) is 25.1 Å². The lowest BCUT2D eigenvalue weighted by Crippen LogP contribution is -2.24. The van der Waals surface area contributed by atoms with Crippen molar-refractivity contribution in [2.24, 2.45) is 0 Å². The van der Waals surface area contributed by atoms with Gasteiger partial charge in [-0.05, 0) is 25.3 Å². The van der Waals surface area contributed by atoms with Crippen LogP contribution in [-0.2, 0) is 4.79 Å². The number of hydrogen-bond donors (Lipinski definition) is 1. The highest BCUT2D eigenvalue weighted by Gasteiger charge is 2.28. The summed E-state index contributed by atoms with van der Waals surface area (Å²) < 4.78 is 4.26. The summed E-state index contributed by atoms with van der Waals surface area (Å²) in [5.41, 5.74) is 1.07. The molecule has 2 fully saturated rings. The fourth-order valence-electron chi connectivity index (χ4n) is 2.58. The summed E-state index contributed by atoms with van der Waals surface area (Å²) in [6, 6.07) is 1.69. The van der Waals surface area contributed by atoms with Gasteiger partial charge in [0, 0.05) is 36.6 Å². The molecule has 0 radical (unpaired) electrons. The zero-order valence-corrected chi connectivity index (χ0v) is 13.2. The monoisotopic (exact) mass is 329 g/mol. The molecule has 2 amide bonds. The van der Waals surface area contributed by atoms with Gasteiger partial charge in [0.15, 0.2) is 0 Å². The van der Waals surface area contributed by atoms with Gasteiger partial charge >= 0.3 is 0 Å². The normalized spacial score (nSPS) is 17.6. The van der Waals surface area contributed by atoms with Crippen LogP contribution in [0.3, 0.4) is 0 Å². The second kappa shape index (κ2) is 5.69. The predicted octanol–water partition coefficient (Wildman–Crippen LogP) is 2.19. The molecule has 3 heterocycles. The quantitative estimate of drug-likeness (QED) is 0.929. The highest BCUT2D eigenvalue weighted by molar-refractivity contribution is 7.09. The Bertz CT molecular complexity index is 771. The first kappa shape index (κ1) is 14.3. The summed E-state index contributed by atoms with van der Waals surface area (Å²) in [5, 5.41) is 3.25. The topological polar surface area (TPSA) is 88.1 Å². The Labute approximate surface area is 136 Å². The Balaban J connectivity index is 1.50. The molecule has 2 aliphatic rings. The van der Waals surface area contributed by atoms with Gasteiger partial charge in [-0.15, -0.1) is 0 Å². The van der Waals surface area contributed by atoms with Crippen LogP contribution in [0.1, 0.15) is 47.8 Å². The van der Waals surface area contributed by atoms with Crippen molar-refractivity contribution in [1.82, 2.24) is 14.3 Å². The number of anilines is 2. The average molecular weight is 329 g/mol. The zero-order chi connectivity index (χ0) is 15.8. The lowest BCUT2D eigenvalue weighted by Gasteiger charge is -2.15. The molecule has 7 nitrogen and oxygen atoms in total. The van der Waals surface area contributed by atoms with Crippen LogP contribution in [0.25, 0.3) is 0 Å². The van der Waals surface area contributed by atoms with Crippen LogP contribution in [0.5, 0.6) is 0 Å². The molecule has 118 valence electrons. The summed E-state index contributed by atoms with van der Waals surface area (Å²) >= 11 is 1.19. The first-order valence-corrected chi connectivity index (χ1v) is 8.38. The standard InChI is InChI=1S/C15H15N5O2S/c21-12-2-1-5-20(12)11-6-10(7-16-8-11)14(22)18-15-17-13(19-23-15)9-3-4-9/h6-9H,1-5H2,(H,17,18,19,22). The highest BCUT2D eigenvalue weighted by Crippen LogP contribution is 2.39. The summed E-state index contributed by atoms with van der Waals surface area (Å²) in [5.74, 6) is 1.06. The molecular formula is C15H15N5O2S. The van der Waals surface area contributed by atoms with Crippen molar-refractivity contribution >= 4 is 34.2 Å². The number of amides is 2.